The van der Waals surface area contributed by atoms with Crippen molar-refractivity contribution in [2.45, 2.75) is 13.0 Å². The fraction of sp³-hybridized carbons (Fsp3) is 0.286. The van der Waals surface area contributed by atoms with Gasteiger partial charge in [0.25, 0.3) is 0 Å². The zero-order valence-electron chi connectivity index (χ0n) is 10.6. The number of anilines is 1. The number of likely N-dealkylation sites (N-methyl/N-ethyl adjacent to an activating group) is 1. The van der Waals surface area contributed by atoms with Crippen LogP contribution in [-0.2, 0) is 0 Å². The molecule has 0 spiro atoms. The minimum atomic E-state index is -0.259. The minimum absolute atomic E-state index is 0.0968. The number of furan rings is 1. The summed E-state index contributed by atoms with van der Waals surface area (Å²) in [5.41, 5.74) is 6.57. The van der Waals surface area contributed by atoms with Crippen molar-refractivity contribution in [3.05, 3.63) is 53.7 Å². The first-order chi connectivity index (χ1) is 8.61. The number of rotatable bonds is 4. The Kier molecular flexibility index (Phi) is 3.67. The summed E-state index contributed by atoms with van der Waals surface area (Å²) in [4.78, 5) is 1.92. The van der Waals surface area contributed by atoms with Crippen molar-refractivity contribution < 1.29 is 8.81 Å². The fourth-order valence-corrected chi connectivity index (χ4v) is 1.97. The van der Waals surface area contributed by atoms with Crippen LogP contribution in [0.1, 0.15) is 17.6 Å². The van der Waals surface area contributed by atoms with Gasteiger partial charge in [0.1, 0.15) is 17.3 Å². The second-order valence-electron chi connectivity index (χ2n) is 4.29. The monoisotopic (exact) mass is 248 g/mol. The number of aryl methyl sites for hydroxylation is 1. The first kappa shape index (κ1) is 12.6. The molecule has 0 bridgehead atoms. The van der Waals surface area contributed by atoms with Gasteiger partial charge in [-0.2, -0.15) is 0 Å². The molecule has 18 heavy (non-hydrogen) atoms. The highest BCUT2D eigenvalue weighted by molar-refractivity contribution is 5.47. The summed E-state index contributed by atoms with van der Waals surface area (Å²) in [6.07, 6.45) is 0. The van der Waals surface area contributed by atoms with E-state index in [0.717, 1.165) is 17.2 Å². The molecule has 0 aliphatic rings. The van der Waals surface area contributed by atoms with Crippen molar-refractivity contribution in [1.29, 1.82) is 0 Å². The third-order valence-corrected chi connectivity index (χ3v) is 3.00. The Bertz CT molecular complexity index is 524. The zero-order valence-corrected chi connectivity index (χ0v) is 10.6. The largest absolute Gasteiger partial charge is 0.464 e. The first-order valence-electron chi connectivity index (χ1n) is 5.86. The molecule has 0 aliphatic carbocycles. The highest BCUT2D eigenvalue weighted by Crippen LogP contribution is 2.26. The summed E-state index contributed by atoms with van der Waals surface area (Å²) in [7, 11) is 1.88. The van der Waals surface area contributed by atoms with Crippen LogP contribution in [0.2, 0.25) is 0 Å². The van der Waals surface area contributed by atoms with E-state index >= 15 is 0 Å². The maximum Gasteiger partial charge on any atom is 0.127 e. The number of hydrogen-bond donors (Lipinski definition) is 1. The Morgan fingerprint density at radius 3 is 2.67 bits per heavy atom. The molecule has 0 saturated heterocycles. The predicted molar refractivity (Wildman–Crippen MR) is 70.0 cm³/mol. The SMILES string of the molecule is Cc1ccc(C(CN)N(C)c2cccc(F)c2)o1. The first-order valence-corrected chi connectivity index (χ1v) is 5.86. The van der Waals surface area contributed by atoms with E-state index in [4.69, 9.17) is 10.2 Å². The molecule has 1 heterocycles. The molecule has 1 atom stereocenters. The molecule has 4 heteroatoms. The lowest BCUT2D eigenvalue weighted by atomic mass is 10.1. The van der Waals surface area contributed by atoms with Crippen molar-refractivity contribution in [2.75, 3.05) is 18.5 Å². The molecule has 0 fully saturated rings. The molecule has 2 aromatic rings. The molecule has 0 radical (unpaired) electrons. The van der Waals surface area contributed by atoms with E-state index in [9.17, 15) is 4.39 Å². The molecule has 2 N–H and O–H groups in total. The van der Waals surface area contributed by atoms with E-state index in [1.807, 2.05) is 37.1 Å². The Labute approximate surface area is 106 Å². The van der Waals surface area contributed by atoms with Crippen LogP contribution < -0.4 is 10.6 Å². The summed E-state index contributed by atoms with van der Waals surface area (Å²) in [6.45, 7) is 2.29. The van der Waals surface area contributed by atoms with Gasteiger partial charge in [0, 0.05) is 19.3 Å². The quantitative estimate of drug-likeness (QED) is 0.904. The number of hydrogen-bond acceptors (Lipinski definition) is 3. The summed E-state index contributed by atoms with van der Waals surface area (Å²) in [5.74, 6) is 1.38. The fourth-order valence-electron chi connectivity index (χ4n) is 1.97. The molecule has 0 amide bonds. The lowest BCUT2D eigenvalue weighted by Gasteiger charge is -2.27. The highest BCUT2D eigenvalue weighted by Gasteiger charge is 2.19. The number of nitrogens with two attached hydrogens (primary N) is 1. The van der Waals surface area contributed by atoms with Crippen LogP contribution in [0.3, 0.4) is 0 Å². The maximum absolute atomic E-state index is 13.2. The van der Waals surface area contributed by atoms with Crippen LogP contribution in [0, 0.1) is 12.7 Å². The normalized spacial score (nSPS) is 12.4. The Morgan fingerprint density at radius 1 is 1.33 bits per heavy atom. The minimum Gasteiger partial charge on any atom is -0.464 e. The van der Waals surface area contributed by atoms with Gasteiger partial charge >= 0.3 is 0 Å². The van der Waals surface area contributed by atoms with Crippen LogP contribution in [0.25, 0.3) is 0 Å². The third-order valence-electron chi connectivity index (χ3n) is 3.00. The van der Waals surface area contributed by atoms with Crippen LogP contribution >= 0.6 is 0 Å². The molecule has 1 aromatic heterocycles. The van der Waals surface area contributed by atoms with Crippen LogP contribution in [0.5, 0.6) is 0 Å². The smallest absolute Gasteiger partial charge is 0.127 e. The molecular formula is C14H17FN2O. The summed E-state index contributed by atoms with van der Waals surface area (Å²) in [6, 6.07) is 10.1. The van der Waals surface area contributed by atoms with Crippen molar-refractivity contribution in [1.82, 2.24) is 0 Å². The van der Waals surface area contributed by atoms with Gasteiger partial charge in [0.2, 0.25) is 0 Å². The van der Waals surface area contributed by atoms with E-state index in [1.165, 1.54) is 12.1 Å². The summed E-state index contributed by atoms with van der Waals surface area (Å²) >= 11 is 0. The molecule has 2 rings (SSSR count). The number of nitrogens with zero attached hydrogens (tertiary/aromatic N) is 1. The molecule has 3 nitrogen and oxygen atoms in total. The molecule has 0 aliphatic heterocycles. The lowest BCUT2D eigenvalue weighted by Crippen LogP contribution is -2.30. The molecule has 96 valence electrons. The number of benzene rings is 1. The van der Waals surface area contributed by atoms with Gasteiger partial charge in [-0.1, -0.05) is 6.07 Å². The molecule has 1 unspecified atom stereocenters. The predicted octanol–water partition coefficient (Wildman–Crippen LogP) is 2.86. The van der Waals surface area contributed by atoms with Crippen molar-refractivity contribution in [2.24, 2.45) is 5.73 Å². The van der Waals surface area contributed by atoms with Gasteiger partial charge in [0.15, 0.2) is 0 Å². The van der Waals surface area contributed by atoms with E-state index in [2.05, 4.69) is 0 Å². The van der Waals surface area contributed by atoms with Crippen LogP contribution in [0.15, 0.2) is 40.8 Å². The maximum atomic E-state index is 13.2. The second kappa shape index (κ2) is 5.23. The van der Waals surface area contributed by atoms with Gasteiger partial charge in [-0.25, -0.2) is 4.39 Å². The Balaban J connectivity index is 2.28. The average molecular weight is 248 g/mol. The van der Waals surface area contributed by atoms with Gasteiger partial charge in [-0.3, -0.25) is 0 Å². The Hall–Kier alpha value is -1.81. The van der Waals surface area contributed by atoms with Crippen molar-refractivity contribution >= 4 is 5.69 Å². The van der Waals surface area contributed by atoms with E-state index < -0.39 is 0 Å². The lowest BCUT2D eigenvalue weighted by molar-refractivity contribution is 0.441. The van der Waals surface area contributed by atoms with Gasteiger partial charge < -0.3 is 15.1 Å². The van der Waals surface area contributed by atoms with Crippen molar-refractivity contribution in [3.63, 3.8) is 0 Å². The van der Waals surface area contributed by atoms with Crippen LogP contribution in [-0.4, -0.2) is 13.6 Å². The summed E-state index contributed by atoms with van der Waals surface area (Å²) < 4.78 is 18.8. The van der Waals surface area contributed by atoms with Crippen molar-refractivity contribution in [3.8, 4) is 0 Å². The molecule has 0 saturated carbocycles. The Morgan fingerprint density at radius 2 is 2.11 bits per heavy atom. The summed E-state index contributed by atoms with van der Waals surface area (Å²) in [5, 5.41) is 0. The van der Waals surface area contributed by atoms with Crippen LogP contribution in [0.4, 0.5) is 10.1 Å². The third kappa shape index (κ3) is 2.54. The molecule has 1 aromatic carbocycles. The van der Waals surface area contributed by atoms with E-state index in [-0.39, 0.29) is 11.9 Å². The van der Waals surface area contributed by atoms with Gasteiger partial charge in [0.05, 0.1) is 6.04 Å². The van der Waals surface area contributed by atoms with E-state index in [1.54, 1.807) is 6.07 Å². The van der Waals surface area contributed by atoms with E-state index in [0.29, 0.717) is 6.54 Å². The van der Waals surface area contributed by atoms with Gasteiger partial charge in [-0.05, 0) is 37.3 Å². The average Bonchev–Trinajstić information content (AvgIpc) is 2.76. The molecular weight excluding hydrogens is 231 g/mol. The highest BCUT2D eigenvalue weighted by atomic mass is 19.1. The van der Waals surface area contributed by atoms with Gasteiger partial charge in [-0.15, -0.1) is 0 Å². The standard InChI is InChI=1S/C14H17FN2O/c1-10-6-7-14(18-10)13(9-16)17(2)12-5-3-4-11(15)8-12/h3-8,13H,9,16H2,1-2H3. The topological polar surface area (TPSA) is 42.4 Å². The zero-order chi connectivity index (χ0) is 13.1. The number of halogens is 1. The second-order valence-corrected chi connectivity index (χ2v) is 4.29.